The highest BCUT2D eigenvalue weighted by Gasteiger charge is 2.25. The Morgan fingerprint density at radius 1 is 0.821 bits per heavy atom. The zero-order valence-corrected chi connectivity index (χ0v) is 18.7. The van der Waals surface area contributed by atoms with Crippen molar-refractivity contribution in [2.24, 2.45) is 11.8 Å². The van der Waals surface area contributed by atoms with E-state index in [2.05, 4.69) is 6.92 Å². The van der Waals surface area contributed by atoms with Crippen molar-refractivity contribution in [2.75, 3.05) is 0 Å². The summed E-state index contributed by atoms with van der Waals surface area (Å²) in [4.78, 5) is 0. The van der Waals surface area contributed by atoms with Crippen molar-refractivity contribution in [2.45, 2.75) is 102 Å². The molecule has 1 saturated heterocycles. The lowest BCUT2D eigenvalue weighted by Crippen LogP contribution is -2.21. The first-order valence-electron chi connectivity index (χ1n) is 11.7. The average Bonchev–Trinajstić information content (AvgIpc) is 2.71. The van der Waals surface area contributed by atoms with Gasteiger partial charge in [0.15, 0.2) is 17.5 Å². The summed E-state index contributed by atoms with van der Waals surface area (Å²) in [5, 5.41) is 0. The molecule has 1 aromatic rings. The molecule has 2 aliphatic rings. The molecule has 4 heteroatoms. The minimum atomic E-state index is -1.35. The van der Waals surface area contributed by atoms with Gasteiger partial charge in [0.05, 0.1) is 0 Å². The summed E-state index contributed by atoms with van der Waals surface area (Å²) in [6.45, 7) is 2.34. The van der Waals surface area contributed by atoms with Crippen molar-refractivity contribution >= 4 is 8.80 Å². The van der Waals surface area contributed by atoms with Crippen LogP contribution >= 0.6 is 0 Å². The van der Waals surface area contributed by atoms with Crippen LogP contribution in [0.5, 0.6) is 0 Å². The second-order valence-corrected chi connectivity index (χ2v) is 12.9. The molecule has 1 heterocycles. The lowest BCUT2D eigenvalue weighted by atomic mass is 9.77. The standard InChI is InChI=1S/C24H37F3Si/c1-2-13-28-14-11-19(12-15-28)6-4-3-5-18-7-9-20(10-8-18)21-16-22(25)24(27)23(26)17-21/h16-20,28H,2-15H2,1H3. The summed E-state index contributed by atoms with van der Waals surface area (Å²) in [6, 6.07) is 7.13. The molecule has 2 fully saturated rings. The molecule has 0 radical (unpaired) electrons. The summed E-state index contributed by atoms with van der Waals surface area (Å²) >= 11 is 0. The molecule has 158 valence electrons. The van der Waals surface area contributed by atoms with Gasteiger partial charge in [-0.1, -0.05) is 70.0 Å². The molecule has 1 aromatic carbocycles. The number of rotatable bonds is 8. The van der Waals surface area contributed by atoms with Crippen molar-refractivity contribution in [3.05, 3.63) is 35.1 Å². The van der Waals surface area contributed by atoms with Gasteiger partial charge in [0, 0.05) is 8.80 Å². The first-order chi connectivity index (χ1) is 13.6. The molecule has 28 heavy (non-hydrogen) atoms. The molecule has 0 atom stereocenters. The van der Waals surface area contributed by atoms with Crippen LogP contribution in [-0.4, -0.2) is 8.80 Å². The average molecular weight is 411 g/mol. The first-order valence-corrected chi connectivity index (χ1v) is 14.2. The highest BCUT2D eigenvalue weighted by Crippen LogP contribution is 2.39. The maximum Gasteiger partial charge on any atom is 0.194 e. The lowest BCUT2D eigenvalue weighted by molar-refractivity contribution is 0.296. The normalized spacial score (nSPS) is 28.4. The van der Waals surface area contributed by atoms with E-state index < -0.39 is 17.5 Å². The van der Waals surface area contributed by atoms with Gasteiger partial charge < -0.3 is 0 Å². The fourth-order valence-corrected chi connectivity index (χ4v) is 9.25. The van der Waals surface area contributed by atoms with Crippen LogP contribution in [0.4, 0.5) is 13.2 Å². The van der Waals surface area contributed by atoms with Gasteiger partial charge >= 0.3 is 0 Å². The molecule has 0 amide bonds. The van der Waals surface area contributed by atoms with Crippen molar-refractivity contribution < 1.29 is 13.2 Å². The van der Waals surface area contributed by atoms with Gasteiger partial charge in [-0.15, -0.1) is 0 Å². The highest BCUT2D eigenvalue weighted by atomic mass is 28.3. The zero-order chi connectivity index (χ0) is 19.9. The fourth-order valence-electron chi connectivity index (χ4n) is 5.68. The van der Waals surface area contributed by atoms with Gasteiger partial charge in [-0.05, 0) is 61.1 Å². The molecular weight excluding hydrogens is 373 g/mol. The van der Waals surface area contributed by atoms with E-state index in [9.17, 15) is 13.2 Å². The van der Waals surface area contributed by atoms with E-state index in [-0.39, 0.29) is 14.7 Å². The van der Waals surface area contributed by atoms with Gasteiger partial charge in [0.25, 0.3) is 0 Å². The molecule has 0 aromatic heterocycles. The van der Waals surface area contributed by atoms with Crippen LogP contribution in [0.15, 0.2) is 12.1 Å². The van der Waals surface area contributed by atoms with E-state index in [0.29, 0.717) is 5.56 Å². The maximum atomic E-state index is 13.5. The van der Waals surface area contributed by atoms with Gasteiger partial charge in [0.2, 0.25) is 0 Å². The Bertz CT molecular complexity index is 579. The quantitative estimate of drug-likeness (QED) is 0.231. The maximum absolute atomic E-state index is 13.5. The summed E-state index contributed by atoms with van der Waals surface area (Å²) in [5.74, 6) is -1.51. The van der Waals surface area contributed by atoms with Crippen LogP contribution in [0.25, 0.3) is 0 Å². The van der Waals surface area contributed by atoms with Crippen LogP contribution in [0, 0.1) is 29.3 Å². The Labute approximate surface area is 170 Å². The summed E-state index contributed by atoms with van der Waals surface area (Å²) in [5.41, 5.74) is 0.636. The van der Waals surface area contributed by atoms with Crippen molar-refractivity contribution in [3.63, 3.8) is 0 Å². The number of hydrogen-bond donors (Lipinski definition) is 0. The van der Waals surface area contributed by atoms with E-state index in [4.69, 9.17) is 0 Å². The van der Waals surface area contributed by atoms with Crippen LogP contribution in [0.2, 0.25) is 18.1 Å². The SMILES string of the molecule is CCC[SiH]1CCC(CCCCC2CCC(c3cc(F)c(F)c(F)c3)CC2)CC1. The van der Waals surface area contributed by atoms with E-state index in [0.717, 1.165) is 37.5 Å². The summed E-state index contributed by atoms with van der Waals surface area (Å²) in [6.07, 6.45) is 14.1. The molecule has 0 bridgehead atoms. The number of unbranched alkanes of at least 4 members (excludes halogenated alkanes) is 1. The van der Waals surface area contributed by atoms with Gasteiger partial charge in [0.1, 0.15) is 0 Å². The topological polar surface area (TPSA) is 0 Å². The third kappa shape index (κ3) is 6.11. The molecule has 1 saturated carbocycles. The van der Waals surface area contributed by atoms with Crippen molar-refractivity contribution in [3.8, 4) is 0 Å². The van der Waals surface area contributed by atoms with Gasteiger partial charge in [-0.2, -0.15) is 0 Å². The Hall–Kier alpha value is -0.773. The largest absolute Gasteiger partial charge is 0.204 e. The van der Waals surface area contributed by atoms with Gasteiger partial charge in [-0.25, -0.2) is 13.2 Å². The minimum absolute atomic E-state index is 0.184. The molecule has 1 aliphatic heterocycles. The molecule has 0 spiro atoms. The van der Waals surface area contributed by atoms with Crippen LogP contribution < -0.4 is 0 Å². The number of halogens is 3. The molecule has 3 rings (SSSR count). The summed E-state index contributed by atoms with van der Waals surface area (Å²) in [7, 11) is -0.338. The second kappa shape index (κ2) is 10.8. The molecule has 0 nitrogen and oxygen atoms in total. The Kier molecular flexibility index (Phi) is 8.49. The fraction of sp³-hybridized carbons (Fsp3) is 0.750. The molecule has 0 unspecified atom stereocenters. The third-order valence-corrected chi connectivity index (χ3v) is 11.2. The van der Waals surface area contributed by atoms with Crippen LogP contribution in [0.1, 0.15) is 89.0 Å². The van der Waals surface area contributed by atoms with E-state index in [1.165, 1.54) is 57.1 Å². The monoisotopic (exact) mass is 410 g/mol. The summed E-state index contributed by atoms with van der Waals surface area (Å²) < 4.78 is 40.1. The predicted molar refractivity (Wildman–Crippen MR) is 114 cm³/mol. The Morgan fingerprint density at radius 3 is 1.89 bits per heavy atom. The zero-order valence-electron chi connectivity index (χ0n) is 17.5. The molecule has 1 aliphatic carbocycles. The highest BCUT2D eigenvalue weighted by molar-refractivity contribution is 6.58. The Balaban J connectivity index is 1.31. The molecular formula is C24H37F3Si. The van der Waals surface area contributed by atoms with E-state index in [1.54, 1.807) is 18.1 Å². The van der Waals surface area contributed by atoms with Crippen molar-refractivity contribution in [1.82, 2.24) is 0 Å². The van der Waals surface area contributed by atoms with Crippen molar-refractivity contribution in [1.29, 1.82) is 0 Å². The van der Waals surface area contributed by atoms with Gasteiger partial charge in [-0.3, -0.25) is 0 Å². The molecule has 0 N–H and O–H groups in total. The van der Waals surface area contributed by atoms with E-state index in [1.807, 2.05) is 0 Å². The van der Waals surface area contributed by atoms with E-state index >= 15 is 0 Å². The van der Waals surface area contributed by atoms with Crippen LogP contribution in [0.3, 0.4) is 0 Å². The number of hydrogen-bond acceptors (Lipinski definition) is 0. The lowest BCUT2D eigenvalue weighted by Gasteiger charge is -2.29. The Morgan fingerprint density at radius 2 is 1.36 bits per heavy atom. The second-order valence-electron chi connectivity index (χ2n) is 9.48. The smallest absolute Gasteiger partial charge is 0.194 e. The predicted octanol–water partition coefficient (Wildman–Crippen LogP) is 7.99. The third-order valence-electron chi connectivity index (χ3n) is 7.46. The minimum Gasteiger partial charge on any atom is -0.204 e. The van der Waals surface area contributed by atoms with Crippen LogP contribution in [-0.2, 0) is 0 Å². The first kappa shape index (κ1) is 21.9. The number of benzene rings is 1.